The number of nitrogens with one attached hydrogen (secondary N) is 1. The molecule has 1 amide bonds. The van der Waals surface area contributed by atoms with Crippen LogP contribution < -0.4 is 14.8 Å². The molecule has 5 nitrogen and oxygen atoms in total. The predicted octanol–water partition coefficient (Wildman–Crippen LogP) is 4.38. The molecule has 2 aromatic carbocycles. The second-order valence-corrected chi connectivity index (χ2v) is 7.13. The zero-order valence-corrected chi connectivity index (χ0v) is 16.7. The van der Waals surface area contributed by atoms with Crippen LogP contribution in [0.25, 0.3) is 0 Å². The SMILES string of the molecule is COc1cc(OC)cc(C(=O)N2CCC(Nc3cccc(Cl)c3C)CC2)c1. The lowest BCUT2D eigenvalue weighted by Gasteiger charge is -2.33. The topological polar surface area (TPSA) is 50.8 Å². The molecule has 6 heteroatoms. The van der Waals surface area contributed by atoms with Crippen LogP contribution in [0.4, 0.5) is 5.69 Å². The van der Waals surface area contributed by atoms with E-state index in [1.807, 2.05) is 30.0 Å². The number of hydrogen-bond donors (Lipinski definition) is 1. The van der Waals surface area contributed by atoms with Crippen molar-refractivity contribution in [2.75, 3.05) is 32.6 Å². The van der Waals surface area contributed by atoms with E-state index in [0.29, 0.717) is 36.2 Å². The van der Waals surface area contributed by atoms with Crippen molar-refractivity contribution in [1.82, 2.24) is 4.90 Å². The molecule has 0 radical (unpaired) electrons. The van der Waals surface area contributed by atoms with Gasteiger partial charge in [0, 0.05) is 41.5 Å². The Kier molecular flexibility index (Phi) is 6.11. The van der Waals surface area contributed by atoms with Crippen LogP contribution in [0.2, 0.25) is 5.02 Å². The van der Waals surface area contributed by atoms with Gasteiger partial charge in [-0.25, -0.2) is 0 Å². The highest BCUT2D eigenvalue weighted by Gasteiger charge is 2.24. The Morgan fingerprint density at radius 3 is 2.33 bits per heavy atom. The van der Waals surface area contributed by atoms with Gasteiger partial charge in [-0.15, -0.1) is 0 Å². The van der Waals surface area contributed by atoms with E-state index in [-0.39, 0.29) is 5.91 Å². The number of carbonyl (C=O) groups is 1. The van der Waals surface area contributed by atoms with Crippen LogP contribution in [0.15, 0.2) is 36.4 Å². The third kappa shape index (κ3) is 4.48. The van der Waals surface area contributed by atoms with Crippen LogP contribution in [0.5, 0.6) is 11.5 Å². The molecule has 1 aliphatic rings. The minimum absolute atomic E-state index is 0.00425. The lowest BCUT2D eigenvalue weighted by Crippen LogP contribution is -2.42. The summed E-state index contributed by atoms with van der Waals surface area (Å²) in [4.78, 5) is 14.8. The largest absolute Gasteiger partial charge is 0.497 e. The summed E-state index contributed by atoms with van der Waals surface area (Å²) < 4.78 is 10.5. The quantitative estimate of drug-likeness (QED) is 0.825. The molecule has 1 heterocycles. The van der Waals surface area contributed by atoms with Gasteiger partial charge in [-0.1, -0.05) is 17.7 Å². The van der Waals surface area contributed by atoms with Gasteiger partial charge in [0.25, 0.3) is 5.91 Å². The van der Waals surface area contributed by atoms with E-state index in [1.54, 1.807) is 32.4 Å². The van der Waals surface area contributed by atoms with E-state index in [0.717, 1.165) is 29.1 Å². The summed E-state index contributed by atoms with van der Waals surface area (Å²) >= 11 is 6.20. The van der Waals surface area contributed by atoms with Gasteiger partial charge in [-0.2, -0.15) is 0 Å². The van der Waals surface area contributed by atoms with Crippen molar-refractivity contribution in [3.8, 4) is 11.5 Å². The van der Waals surface area contributed by atoms with Crippen LogP contribution >= 0.6 is 11.6 Å². The lowest BCUT2D eigenvalue weighted by molar-refractivity contribution is 0.0717. The van der Waals surface area contributed by atoms with E-state index in [4.69, 9.17) is 21.1 Å². The molecule has 1 aliphatic heterocycles. The number of nitrogens with zero attached hydrogens (tertiary/aromatic N) is 1. The van der Waals surface area contributed by atoms with E-state index in [9.17, 15) is 4.79 Å². The van der Waals surface area contributed by atoms with Crippen LogP contribution in [0.1, 0.15) is 28.8 Å². The van der Waals surface area contributed by atoms with E-state index < -0.39 is 0 Å². The number of anilines is 1. The van der Waals surface area contributed by atoms with Crippen molar-refractivity contribution in [2.24, 2.45) is 0 Å². The smallest absolute Gasteiger partial charge is 0.254 e. The lowest BCUT2D eigenvalue weighted by atomic mass is 10.0. The maximum Gasteiger partial charge on any atom is 0.254 e. The Balaban J connectivity index is 1.63. The molecule has 0 unspecified atom stereocenters. The number of ether oxygens (including phenoxy) is 2. The Bertz CT molecular complexity index is 795. The second-order valence-electron chi connectivity index (χ2n) is 6.72. The number of likely N-dealkylation sites (tertiary alicyclic amines) is 1. The van der Waals surface area contributed by atoms with Gasteiger partial charge in [-0.05, 0) is 49.6 Å². The van der Waals surface area contributed by atoms with Crippen LogP contribution in [0.3, 0.4) is 0 Å². The number of carbonyl (C=O) groups excluding carboxylic acids is 1. The fraction of sp³-hybridized carbons (Fsp3) is 0.381. The summed E-state index contributed by atoms with van der Waals surface area (Å²) in [5.41, 5.74) is 2.70. The first kappa shape index (κ1) is 19.4. The summed E-state index contributed by atoms with van der Waals surface area (Å²) in [6, 6.07) is 11.5. The van der Waals surface area contributed by atoms with E-state index >= 15 is 0 Å². The monoisotopic (exact) mass is 388 g/mol. The molecule has 144 valence electrons. The van der Waals surface area contributed by atoms with Gasteiger partial charge in [0.15, 0.2) is 0 Å². The fourth-order valence-electron chi connectivity index (χ4n) is 3.32. The number of rotatable bonds is 5. The van der Waals surface area contributed by atoms with Gasteiger partial charge in [0.2, 0.25) is 0 Å². The molecule has 0 aromatic heterocycles. The Hall–Kier alpha value is -2.40. The average molecular weight is 389 g/mol. The number of halogens is 1. The molecule has 1 N–H and O–H groups in total. The Labute approximate surface area is 165 Å². The fourth-order valence-corrected chi connectivity index (χ4v) is 3.50. The van der Waals surface area contributed by atoms with E-state index in [1.165, 1.54) is 0 Å². The summed E-state index contributed by atoms with van der Waals surface area (Å²) in [5.74, 6) is 1.24. The minimum Gasteiger partial charge on any atom is -0.497 e. The van der Waals surface area contributed by atoms with Crippen molar-refractivity contribution < 1.29 is 14.3 Å². The first-order valence-electron chi connectivity index (χ1n) is 9.06. The van der Waals surface area contributed by atoms with Crippen molar-refractivity contribution in [3.05, 3.63) is 52.5 Å². The molecular formula is C21H25ClN2O3. The Morgan fingerprint density at radius 1 is 1.11 bits per heavy atom. The molecule has 1 fully saturated rings. The van der Waals surface area contributed by atoms with Gasteiger partial charge < -0.3 is 19.7 Å². The number of benzene rings is 2. The van der Waals surface area contributed by atoms with Crippen LogP contribution in [-0.2, 0) is 0 Å². The Morgan fingerprint density at radius 2 is 1.74 bits per heavy atom. The summed E-state index contributed by atoms with van der Waals surface area (Å²) in [5, 5.41) is 4.33. The van der Waals surface area contributed by atoms with Gasteiger partial charge >= 0.3 is 0 Å². The molecule has 1 saturated heterocycles. The van der Waals surface area contributed by atoms with Crippen LogP contribution in [0, 0.1) is 6.92 Å². The molecule has 0 atom stereocenters. The highest BCUT2D eigenvalue weighted by molar-refractivity contribution is 6.31. The average Bonchev–Trinajstić information content (AvgIpc) is 2.71. The summed E-state index contributed by atoms with van der Waals surface area (Å²) in [7, 11) is 3.16. The third-order valence-corrected chi connectivity index (χ3v) is 5.42. The van der Waals surface area contributed by atoms with E-state index in [2.05, 4.69) is 5.32 Å². The second kappa shape index (κ2) is 8.53. The molecule has 0 spiro atoms. The number of piperidine rings is 1. The molecule has 27 heavy (non-hydrogen) atoms. The van der Waals surface area contributed by atoms with Crippen molar-refractivity contribution in [2.45, 2.75) is 25.8 Å². The van der Waals surface area contributed by atoms with Gasteiger partial charge in [0.05, 0.1) is 14.2 Å². The maximum absolute atomic E-state index is 12.9. The molecule has 0 bridgehead atoms. The van der Waals surface area contributed by atoms with Gasteiger partial charge in [0.1, 0.15) is 11.5 Å². The summed E-state index contributed by atoms with van der Waals surface area (Å²) in [6.07, 6.45) is 1.78. The molecule has 0 aliphatic carbocycles. The molecular weight excluding hydrogens is 364 g/mol. The number of amides is 1. The first-order valence-corrected chi connectivity index (χ1v) is 9.43. The van der Waals surface area contributed by atoms with Crippen molar-refractivity contribution >= 4 is 23.2 Å². The maximum atomic E-state index is 12.9. The normalized spacial score (nSPS) is 14.7. The minimum atomic E-state index is 0.00425. The molecule has 3 rings (SSSR count). The van der Waals surface area contributed by atoms with Gasteiger partial charge in [-0.3, -0.25) is 4.79 Å². The standard InChI is InChI=1S/C21H25ClN2O3/c1-14-19(22)5-4-6-20(14)23-16-7-9-24(10-8-16)21(25)15-11-17(26-2)13-18(12-15)27-3/h4-6,11-13,16,23H,7-10H2,1-3H3. The number of hydrogen-bond acceptors (Lipinski definition) is 4. The molecule has 2 aromatic rings. The predicted molar refractivity (Wildman–Crippen MR) is 108 cm³/mol. The molecule has 0 saturated carbocycles. The summed E-state index contributed by atoms with van der Waals surface area (Å²) in [6.45, 7) is 3.42. The highest BCUT2D eigenvalue weighted by atomic mass is 35.5. The zero-order valence-electron chi connectivity index (χ0n) is 15.9. The van der Waals surface area contributed by atoms with Crippen molar-refractivity contribution in [1.29, 1.82) is 0 Å². The number of methoxy groups -OCH3 is 2. The highest BCUT2D eigenvalue weighted by Crippen LogP contribution is 2.27. The third-order valence-electron chi connectivity index (χ3n) is 5.01. The van der Waals surface area contributed by atoms with Crippen LogP contribution in [-0.4, -0.2) is 44.2 Å². The zero-order chi connectivity index (χ0) is 19.4. The van der Waals surface area contributed by atoms with Crippen molar-refractivity contribution in [3.63, 3.8) is 0 Å². The first-order chi connectivity index (χ1) is 13.0.